The Labute approximate surface area is 151 Å². The number of aliphatic hydroxyl groups is 2. The summed E-state index contributed by atoms with van der Waals surface area (Å²) in [5, 5.41) is 22.5. The fraction of sp³-hybridized carbons (Fsp3) is 0.857. The molecule has 4 nitrogen and oxygen atoms in total. The predicted molar refractivity (Wildman–Crippen MR) is 96.8 cm³/mol. The standard InChI is InChI=1S/C21H34O4/c1-13(2)14-7-8-16-19(3)10-6-11-20(4,18(23)25-5)15(19)9-12-21(16,24)17(14)22/h7,13,15-17,22,24H,6,8-12H2,1-5H3. The highest BCUT2D eigenvalue weighted by Crippen LogP contribution is 2.65. The van der Waals surface area contributed by atoms with Crippen molar-refractivity contribution in [2.24, 2.45) is 28.6 Å². The minimum absolute atomic E-state index is 0.0134. The summed E-state index contributed by atoms with van der Waals surface area (Å²) in [6.45, 7) is 8.41. The third-order valence-electron chi connectivity index (χ3n) is 7.91. The van der Waals surface area contributed by atoms with Gasteiger partial charge in [-0.1, -0.05) is 33.3 Å². The zero-order chi connectivity index (χ0) is 18.6. The lowest BCUT2D eigenvalue weighted by Crippen LogP contribution is -2.65. The summed E-state index contributed by atoms with van der Waals surface area (Å²) in [5.41, 5.74) is -0.759. The van der Waals surface area contributed by atoms with Crippen molar-refractivity contribution in [2.75, 3.05) is 7.11 Å². The first kappa shape index (κ1) is 18.9. The molecule has 0 radical (unpaired) electrons. The van der Waals surface area contributed by atoms with E-state index in [4.69, 9.17) is 4.74 Å². The third-order valence-corrected chi connectivity index (χ3v) is 7.91. The normalized spacial score (nSPS) is 46.9. The number of aliphatic hydroxyl groups excluding tert-OH is 1. The van der Waals surface area contributed by atoms with E-state index in [2.05, 4.69) is 26.8 Å². The Kier molecular flexibility index (Phi) is 4.61. The molecule has 0 saturated heterocycles. The van der Waals surface area contributed by atoms with E-state index in [1.54, 1.807) is 0 Å². The van der Waals surface area contributed by atoms with Crippen molar-refractivity contribution in [1.29, 1.82) is 0 Å². The maximum absolute atomic E-state index is 12.6. The number of hydrogen-bond donors (Lipinski definition) is 2. The van der Waals surface area contributed by atoms with Gasteiger partial charge in [-0.3, -0.25) is 4.79 Å². The monoisotopic (exact) mass is 350 g/mol. The number of allylic oxidation sites excluding steroid dienone is 1. The molecule has 0 aromatic rings. The van der Waals surface area contributed by atoms with Crippen molar-refractivity contribution in [3.8, 4) is 0 Å². The molecule has 3 rings (SSSR count). The van der Waals surface area contributed by atoms with Crippen molar-refractivity contribution in [2.45, 2.75) is 77.9 Å². The lowest BCUT2D eigenvalue weighted by molar-refractivity contribution is -0.218. The van der Waals surface area contributed by atoms with Crippen LogP contribution in [0, 0.1) is 28.6 Å². The lowest BCUT2D eigenvalue weighted by Gasteiger charge is -2.63. The molecular weight excluding hydrogens is 316 g/mol. The number of esters is 1. The van der Waals surface area contributed by atoms with Crippen molar-refractivity contribution in [3.63, 3.8) is 0 Å². The number of carbonyl (C=O) groups is 1. The largest absolute Gasteiger partial charge is 0.469 e. The Balaban J connectivity index is 2.02. The number of ether oxygens (including phenoxy) is 1. The fourth-order valence-electron chi connectivity index (χ4n) is 6.58. The number of carbonyl (C=O) groups excluding carboxylic acids is 1. The van der Waals surface area contributed by atoms with E-state index in [1.165, 1.54) is 7.11 Å². The van der Waals surface area contributed by atoms with Crippen molar-refractivity contribution in [1.82, 2.24) is 0 Å². The molecule has 2 saturated carbocycles. The average Bonchev–Trinajstić information content (AvgIpc) is 2.55. The van der Waals surface area contributed by atoms with Crippen LogP contribution in [0.4, 0.5) is 0 Å². The van der Waals surface area contributed by atoms with Crippen LogP contribution in [0.3, 0.4) is 0 Å². The van der Waals surface area contributed by atoms with Gasteiger partial charge in [0, 0.05) is 0 Å². The molecule has 3 aliphatic carbocycles. The van der Waals surface area contributed by atoms with Gasteiger partial charge in [-0.2, -0.15) is 0 Å². The Morgan fingerprint density at radius 3 is 2.52 bits per heavy atom. The first-order valence-corrected chi connectivity index (χ1v) is 9.80. The quantitative estimate of drug-likeness (QED) is 0.591. The van der Waals surface area contributed by atoms with Crippen LogP contribution in [0.15, 0.2) is 11.6 Å². The van der Waals surface area contributed by atoms with Crippen LogP contribution in [-0.2, 0) is 9.53 Å². The average molecular weight is 350 g/mol. The first-order chi connectivity index (χ1) is 11.6. The van der Waals surface area contributed by atoms with Crippen molar-refractivity contribution < 1.29 is 19.7 Å². The van der Waals surface area contributed by atoms with E-state index in [0.717, 1.165) is 37.7 Å². The van der Waals surface area contributed by atoms with Crippen LogP contribution in [0.1, 0.15) is 66.2 Å². The molecule has 142 valence electrons. The topological polar surface area (TPSA) is 66.8 Å². The summed E-state index contributed by atoms with van der Waals surface area (Å²) >= 11 is 0. The minimum atomic E-state index is -1.08. The van der Waals surface area contributed by atoms with Gasteiger partial charge in [-0.25, -0.2) is 0 Å². The molecule has 2 N–H and O–H groups in total. The highest BCUT2D eigenvalue weighted by Gasteiger charge is 2.64. The Bertz CT molecular complexity index is 582. The van der Waals surface area contributed by atoms with Crippen LogP contribution >= 0.6 is 0 Å². The Morgan fingerprint density at radius 2 is 1.92 bits per heavy atom. The molecule has 0 aromatic heterocycles. The van der Waals surface area contributed by atoms with Crippen LogP contribution in [-0.4, -0.2) is 35.0 Å². The summed E-state index contributed by atoms with van der Waals surface area (Å²) in [4.78, 5) is 12.6. The SMILES string of the molecule is COC(=O)C1(C)CCCC2(C)C1CCC1(O)C(O)C(C(C)C)=CCC21. The van der Waals surface area contributed by atoms with Gasteiger partial charge in [0.15, 0.2) is 0 Å². The third kappa shape index (κ3) is 2.51. The molecule has 0 aromatic carbocycles. The summed E-state index contributed by atoms with van der Waals surface area (Å²) in [6, 6.07) is 0. The van der Waals surface area contributed by atoms with Gasteiger partial charge in [-0.15, -0.1) is 0 Å². The molecule has 2 fully saturated rings. The summed E-state index contributed by atoms with van der Waals surface area (Å²) in [6.07, 6.45) is 6.25. The highest BCUT2D eigenvalue weighted by molar-refractivity contribution is 5.77. The highest BCUT2D eigenvalue weighted by atomic mass is 16.5. The van der Waals surface area contributed by atoms with Gasteiger partial charge in [0.2, 0.25) is 0 Å². The molecule has 0 heterocycles. The van der Waals surface area contributed by atoms with Crippen LogP contribution in [0.2, 0.25) is 0 Å². The molecule has 0 amide bonds. The van der Waals surface area contributed by atoms with Crippen LogP contribution in [0.5, 0.6) is 0 Å². The second kappa shape index (κ2) is 6.09. The van der Waals surface area contributed by atoms with E-state index in [9.17, 15) is 15.0 Å². The van der Waals surface area contributed by atoms with Gasteiger partial charge in [0.1, 0.15) is 6.10 Å². The molecule has 3 aliphatic rings. The Hall–Kier alpha value is -0.870. The van der Waals surface area contributed by atoms with E-state index in [-0.39, 0.29) is 29.1 Å². The first-order valence-electron chi connectivity index (χ1n) is 9.80. The Morgan fingerprint density at radius 1 is 1.24 bits per heavy atom. The maximum Gasteiger partial charge on any atom is 0.311 e. The van der Waals surface area contributed by atoms with Gasteiger partial charge in [-0.05, 0) is 67.8 Å². The van der Waals surface area contributed by atoms with Gasteiger partial charge in [0.25, 0.3) is 0 Å². The molecule has 25 heavy (non-hydrogen) atoms. The molecule has 0 spiro atoms. The van der Waals surface area contributed by atoms with E-state index >= 15 is 0 Å². The van der Waals surface area contributed by atoms with Gasteiger partial charge >= 0.3 is 5.97 Å². The number of methoxy groups -OCH3 is 1. The van der Waals surface area contributed by atoms with Crippen molar-refractivity contribution >= 4 is 5.97 Å². The zero-order valence-electron chi connectivity index (χ0n) is 16.3. The predicted octanol–water partition coefficient (Wildman–Crippen LogP) is 3.46. The van der Waals surface area contributed by atoms with Crippen LogP contribution < -0.4 is 0 Å². The molecule has 0 aliphatic heterocycles. The summed E-state index contributed by atoms with van der Waals surface area (Å²) < 4.78 is 5.15. The molecule has 6 unspecified atom stereocenters. The minimum Gasteiger partial charge on any atom is -0.469 e. The van der Waals surface area contributed by atoms with E-state index < -0.39 is 17.1 Å². The maximum atomic E-state index is 12.6. The molecular formula is C21H34O4. The zero-order valence-corrected chi connectivity index (χ0v) is 16.3. The van der Waals surface area contributed by atoms with Crippen LogP contribution in [0.25, 0.3) is 0 Å². The summed E-state index contributed by atoms with van der Waals surface area (Å²) in [5.74, 6) is 0.286. The smallest absolute Gasteiger partial charge is 0.311 e. The fourth-order valence-corrected chi connectivity index (χ4v) is 6.58. The van der Waals surface area contributed by atoms with E-state index in [1.807, 2.05) is 6.92 Å². The second-order valence-corrected chi connectivity index (χ2v) is 9.40. The molecule has 0 bridgehead atoms. The number of rotatable bonds is 2. The lowest BCUT2D eigenvalue weighted by atomic mass is 9.43. The van der Waals surface area contributed by atoms with Crippen molar-refractivity contribution in [3.05, 3.63) is 11.6 Å². The second-order valence-electron chi connectivity index (χ2n) is 9.40. The van der Waals surface area contributed by atoms with Gasteiger partial charge in [0.05, 0.1) is 18.1 Å². The molecule has 4 heteroatoms. The van der Waals surface area contributed by atoms with Gasteiger partial charge < -0.3 is 14.9 Å². The molecule has 6 atom stereocenters. The number of hydrogen-bond acceptors (Lipinski definition) is 4. The van der Waals surface area contributed by atoms with E-state index in [0.29, 0.717) is 6.42 Å². The summed E-state index contributed by atoms with van der Waals surface area (Å²) in [7, 11) is 1.47. The number of fused-ring (bicyclic) bond motifs is 3.